The van der Waals surface area contributed by atoms with E-state index in [0.717, 1.165) is 38.8 Å². The quantitative estimate of drug-likeness (QED) is 0.898. The van der Waals surface area contributed by atoms with Crippen LogP contribution >= 0.6 is 0 Å². The highest BCUT2D eigenvalue weighted by atomic mass is 16.5. The van der Waals surface area contributed by atoms with Gasteiger partial charge in [0.05, 0.1) is 18.0 Å². The average Bonchev–Trinajstić information content (AvgIpc) is 3.07. The third-order valence-corrected chi connectivity index (χ3v) is 4.91. The number of H-pyrrole nitrogens is 1. The van der Waals surface area contributed by atoms with Crippen molar-refractivity contribution in [2.75, 3.05) is 20.8 Å². The van der Waals surface area contributed by atoms with Crippen LogP contribution in [0.4, 0.5) is 0 Å². The molecule has 0 spiro atoms. The van der Waals surface area contributed by atoms with Crippen molar-refractivity contribution in [3.05, 3.63) is 18.2 Å². The molecule has 1 aliphatic carbocycles. The van der Waals surface area contributed by atoms with Gasteiger partial charge in [0.1, 0.15) is 0 Å². The monoisotopic (exact) mass is 265 g/mol. The van der Waals surface area contributed by atoms with E-state index in [4.69, 9.17) is 9.47 Å². The number of likely N-dealkylation sites (tertiary alicyclic amines) is 1. The number of imidazole rings is 1. The third-order valence-electron chi connectivity index (χ3n) is 4.91. The van der Waals surface area contributed by atoms with Crippen LogP contribution < -0.4 is 0 Å². The lowest BCUT2D eigenvalue weighted by atomic mass is 9.79. The first kappa shape index (κ1) is 13.1. The lowest BCUT2D eigenvalue weighted by molar-refractivity contribution is -0.0948. The largest absolute Gasteiger partial charge is 0.381 e. The van der Waals surface area contributed by atoms with E-state index >= 15 is 0 Å². The highest BCUT2D eigenvalue weighted by Gasteiger charge is 2.50. The first-order chi connectivity index (χ1) is 9.27. The molecule has 0 radical (unpaired) electrons. The summed E-state index contributed by atoms with van der Waals surface area (Å²) in [5.41, 5.74) is 1.21. The molecule has 2 aliphatic rings. The molecule has 3 rings (SSSR count). The van der Waals surface area contributed by atoms with Crippen LogP contribution in [0.25, 0.3) is 0 Å². The normalized spacial score (nSPS) is 35.5. The van der Waals surface area contributed by atoms with Gasteiger partial charge in [-0.1, -0.05) is 0 Å². The Balaban J connectivity index is 1.75. The summed E-state index contributed by atoms with van der Waals surface area (Å²) in [5, 5.41) is 0. The Morgan fingerprint density at radius 3 is 3.05 bits per heavy atom. The van der Waals surface area contributed by atoms with Gasteiger partial charge >= 0.3 is 0 Å². The predicted molar refractivity (Wildman–Crippen MR) is 71.8 cm³/mol. The summed E-state index contributed by atoms with van der Waals surface area (Å²) in [6.07, 6.45) is 8.43. The number of ether oxygens (including phenoxy) is 2. The number of aromatic amines is 1. The second-order valence-corrected chi connectivity index (χ2v) is 5.71. The molecule has 0 aromatic carbocycles. The van der Waals surface area contributed by atoms with E-state index in [2.05, 4.69) is 14.9 Å². The number of fused-ring (bicyclic) bond motifs is 1. The topological polar surface area (TPSA) is 50.4 Å². The van der Waals surface area contributed by atoms with Crippen molar-refractivity contribution in [2.24, 2.45) is 0 Å². The Labute approximate surface area is 114 Å². The minimum absolute atomic E-state index is 0.0368. The molecule has 0 amide bonds. The van der Waals surface area contributed by atoms with Crippen molar-refractivity contribution < 1.29 is 9.47 Å². The molecule has 2 heterocycles. The van der Waals surface area contributed by atoms with Gasteiger partial charge in [-0.2, -0.15) is 0 Å². The van der Waals surface area contributed by atoms with E-state index in [9.17, 15) is 0 Å². The fraction of sp³-hybridized carbons (Fsp3) is 0.786. The minimum atomic E-state index is 0.0368. The number of nitrogens with one attached hydrogen (secondary N) is 1. The second-order valence-electron chi connectivity index (χ2n) is 5.71. The molecule has 19 heavy (non-hydrogen) atoms. The average molecular weight is 265 g/mol. The zero-order valence-corrected chi connectivity index (χ0v) is 11.8. The molecule has 1 aromatic heterocycles. The molecule has 0 unspecified atom stereocenters. The molecule has 1 aromatic rings. The Bertz CT molecular complexity index is 409. The second kappa shape index (κ2) is 5.23. The van der Waals surface area contributed by atoms with E-state index in [0.29, 0.717) is 12.1 Å². The van der Waals surface area contributed by atoms with Crippen molar-refractivity contribution in [1.82, 2.24) is 14.9 Å². The first-order valence-corrected chi connectivity index (χ1v) is 7.06. The van der Waals surface area contributed by atoms with Gasteiger partial charge in [-0.3, -0.25) is 4.90 Å². The van der Waals surface area contributed by atoms with Crippen molar-refractivity contribution >= 4 is 0 Å². The van der Waals surface area contributed by atoms with Gasteiger partial charge in [0.25, 0.3) is 0 Å². The number of rotatable bonds is 4. The number of nitrogens with zero attached hydrogens (tertiary/aromatic N) is 2. The molecule has 5 heteroatoms. The van der Waals surface area contributed by atoms with Gasteiger partial charge in [-0.05, 0) is 25.7 Å². The molecule has 1 N–H and O–H groups in total. The first-order valence-electron chi connectivity index (χ1n) is 7.06. The zero-order chi connectivity index (χ0) is 13.3. The van der Waals surface area contributed by atoms with E-state index in [1.807, 2.05) is 20.4 Å². The third kappa shape index (κ3) is 2.30. The van der Waals surface area contributed by atoms with Crippen molar-refractivity contribution in [3.63, 3.8) is 0 Å². The number of methoxy groups -OCH3 is 2. The van der Waals surface area contributed by atoms with E-state index in [1.165, 1.54) is 5.69 Å². The Morgan fingerprint density at radius 2 is 2.37 bits per heavy atom. The maximum Gasteiger partial charge on any atom is 0.0922 e. The molecule has 5 nitrogen and oxygen atoms in total. The zero-order valence-electron chi connectivity index (χ0n) is 11.8. The summed E-state index contributed by atoms with van der Waals surface area (Å²) in [4.78, 5) is 9.81. The summed E-state index contributed by atoms with van der Waals surface area (Å²) >= 11 is 0. The van der Waals surface area contributed by atoms with Gasteiger partial charge < -0.3 is 14.5 Å². The Morgan fingerprint density at radius 1 is 1.47 bits per heavy atom. The van der Waals surface area contributed by atoms with E-state index in [1.54, 1.807) is 6.33 Å². The van der Waals surface area contributed by atoms with Crippen LogP contribution in [0.2, 0.25) is 0 Å². The van der Waals surface area contributed by atoms with Crippen LogP contribution in [-0.2, 0) is 16.0 Å². The summed E-state index contributed by atoms with van der Waals surface area (Å²) in [7, 11) is 3.68. The molecule has 0 bridgehead atoms. The van der Waals surface area contributed by atoms with Gasteiger partial charge in [-0.25, -0.2) is 4.98 Å². The highest BCUT2D eigenvalue weighted by Crippen LogP contribution is 2.43. The summed E-state index contributed by atoms with van der Waals surface area (Å²) in [6.45, 7) is 2.01. The minimum Gasteiger partial charge on any atom is -0.381 e. The maximum absolute atomic E-state index is 5.92. The Kier molecular flexibility index (Phi) is 3.60. The molecule has 1 saturated carbocycles. The highest BCUT2D eigenvalue weighted by molar-refractivity contribution is 5.07. The fourth-order valence-corrected chi connectivity index (χ4v) is 3.75. The number of hydrogen-bond acceptors (Lipinski definition) is 4. The summed E-state index contributed by atoms with van der Waals surface area (Å²) in [5.74, 6) is 0. The predicted octanol–water partition coefficient (Wildman–Crippen LogP) is 1.57. The van der Waals surface area contributed by atoms with Crippen molar-refractivity contribution in [1.29, 1.82) is 0 Å². The summed E-state index contributed by atoms with van der Waals surface area (Å²) in [6, 6.07) is 0.458. The smallest absolute Gasteiger partial charge is 0.0922 e. The van der Waals surface area contributed by atoms with Crippen molar-refractivity contribution in [3.8, 4) is 0 Å². The van der Waals surface area contributed by atoms with Crippen LogP contribution in [0.15, 0.2) is 12.5 Å². The van der Waals surface area contributed by atoms with Crippen LogP contribution in [0.5, 0.6) is 0 Å². The van der Waals surface area contributed by atoms with Gasteiger partial charge in [0.15, 0.2) is 0 Å². The van der Waals surface area contributed by atoms with Crippen LogP contribution in [-0.4, -0.2) is 53.4 Å². The molecule has 1 aliphatic heterocycles. The lowest BCUT2D eigenvalue weighted by Gasteiger charge is -2.43. The number of hydrogen-bond donors (Lipinski definition) is 1. The van der Waals surface area contributed by atoms with Crippen LogP contribution in [0.1, 0.15) is 31.4 Å². The standard InChI is InChI=1S/C14H23N3O2/c1-18-12-3-4-14(19-2)5-6-17(13(14)7-12)9-11-8-15-10-16-11/h8,10,12-13H,3-7,9H2,1-2H3,(H,15,16)/t12-,13+,14-/m1/s1. The Hall–Kier alpha value is -0.910. The van der Waals surface area contributed by atoms with Crippen LogP contribution in [0.3, 0.4) is 0 Å². The molecule has 1 saturated heterocycles. The van der Waals surface area contributed by atoms with Gasteiger partial charge in [-0.15, -0.1) is 0 Å². The lowest BCUT2D eigenvalue weighted by Crippen LogP contribution is -2.51. The maximum atomic E-state index is 5.92. The molecule has 2 fully saturated rings. The fourth-order valence-electron chi connectivity index (χ4n) is 3.75. The van der Waals surface area contributed by atoms with E-state index in [-0.39, 0.29) is 5.60 Å². The molecular weight excluding hydrogens is 242 g/mol. The summed E-state index contributed by atoms with van der Waals surface area (Å²) < 4.78 is 11.5. The van der Waals surface area contributed by atoms with Crippen molar-refractivity contribution in [2.45, 2.75) is 50.0 Å². The molecule has 106 valence electrons. The van der Waals surface area contributed by atoms with Gasteiger partial charge in [0.2, 0.25) is 0 Å². The molecular formula is C14H23N3O2. The SMILES string of the molecule is CO[C@@H]1CC[C@@]2(OC)CCN(Cc3cnc[nH]3)[C@H]2C1. The van der Waals surface area contributed by atoms with E-state index < -0.39 is 0 Å². The van der Waals surface area contributed by atoms with Crippen LogP contribution in [0, 0.1) is 0 Å². The number of aromatic nitrogens is 2. The van der Waals surface area contributed by atoms with Gasteiger partial charge in [0, 0.05) is 45.2 Å². The molecule has 3 atom stereocenters.